The van der Waals surface area contributed by atoms with Crippen LogP contribution in [-0.4, -0.2) is 27.0 Å². The van der Waals surface area contributed by atoms with E-state index in [4.69, 9.17) is 5.11 Å². The van der Waals surface area contributed by atoms with Crippen LogP contribution in [0, 0.1) is 13.8 Å². The number of aryl methyl sites for hydroxylation is 2. The Hall–Kier alpha value is -2.76. The molecule has 1 amide bonds. The zero-order valence-corrected chi connectivity index (χ0v) is 11.0. The van der Waals surface area contributed by atoms with Gasteiger partial charge in [-0.3, -0.25) is 9.78 Å². The highest BCUT2D eigenvalue weighted by atomic mass is 16.4. The van der Waals surface area contributed by atoms with Gasteiger partial charge in [-0.25, -0.2) is 9.78 Å². The Kier molecular flexibility index (Phi) is 3.74. The average molecular weight is 271 g/mol. The summed E-state index contributed by atoms with van der Waals surface area (Å²) in [4.78, 5) is 30.6. The van der Waals surface area contributed by atoms with Crippen LogP contribution < -0.4 is 5.32 Å². The molecule has 102 valence electrons. The second-order valence-corrected chi connectivity index (χ2v) is 4.28. The van der Waals surface area contributed by atoms with Gasteiger partial charge in [-0.2, -0.15) is 0 Å². The molecule has 0 aliphatic heterocycles. The Morgan fingerprint density at radius 3 is 2.45 bits per heavy atom. The van der Waals surface area contributed by atoms with E-state index < -0.39 is 5.97 Å². The van der Waals surface area contributed by atoms with E-state index in [9.17, 15) is 9.59 Å². The maximum atomic E-state index is 12.0. The van der Waals surface area contributed by atoms with E-state index in [0.717, 1.165) is 5.69 Å². The Balaban J connectivity index is 2.17. The van der Waals surface area contributed by atoms with Gasteiger partial charge in [0.2, 0.25) is 0 Å². The fourth-order valence-electron chi connectivity index (χ4n) is 1.67. The van der Waals surface area contributed by atoms with Crippen molar-refractivity contribution in [3.05, 3.63) is 53.1 Å². The molecule has 0 aromatic carbocycles. The number of nitrogens with zero attached hydrogens (tertiary/aromatic N) is 2. The van der Waals surface area contributed by atoms with Crippen molar-refractivity contribution >= 4 is 17.6 Å². The number of carbonyl (C=O) groups excluding carboxylic acids is 1. The minimum Gasteiger partial charge on any atom is -0.477 e. The maximum absolute atomic E-state index is 12.0. The summed E-state index contributed by atoms with van der Waals surface area (Å²) in [6.45, 7) is 3.67. The van der Waals surface area contributed by atoms with Crippen LogP contribution >= 0.6 is 0 Å². The Bertz CT molecular complexity index is 666. The van der Waals surface area contributed by atoms with E-state index in [2.05, 4.69) is 15.3 Å². The molecule has 20 heavy (non-hydrogen) atoms. The second-order valence-electron chi connectivity index (χ2n) is 4.28. The molecule has 0 unspecified atom stereocenters. The van der Waals surface area contributed by atoms with Crippen molar-refractivity contribution in [3.8, 4) is 0 Å². The molecule has 0 bridgehead atoms. The molecule has 0 spiro atoms. The molecule has 0 saturated heterocycles. The highest BCUT2D eigenvalue weighted by molar-refractivity contribution is 6.04. The first-order valence-corrected chi connectivity index (χ1v) is 5.92. The normalized spacial score (nSPS) is 10.1. The molecule has 2 aromatic rings. The van der Waals surface area contributed by atoms with E-state index >= 15 is 0 Å². The lowest BCUT2D eigenvalue weighted by Crippen LogP contribution is -2.14. The molecule has 0 fully saturated rings. The monoisotopic (exact) mass is 271 g/mol. The van der Waals surface area contributed by atoms with Crippen molar-refractivity contribution in [2.75, 3.05) is 5.32 Å². The van der Waals surface area contributed by atoms with Crippen LogP contribution in [-0.2, 0) is 0 Å². The Morgan fingerprint density at radius 2 is 1.90 bits per heavy atom. The molecule has 6 nitrogen and oxygen atoms in total. The van der Waals surface area contributed by atoms with Crippen molar-refractivity contribution in [1.82, 2.24) is 9.97 Å². The number of pyridine rings is 2. The molecule has 0 saturated carbocycles. The summed E-state index contributed by atoms with van der Waals surface area (Å²) in [7, 11) is 0. The lowest BCUT2D eigenvalue weighted by atomic mass is 10.2. The van der Waals surface area contributed by atoms with Crippen molar-refractivity contribution in [2.45, 2.75) is 13.8 Å². The van der Waals surface area contributed by atoms with Crippen molar-refractivity contribution in [1.29, 1.82) is 0 Å². The SMILES string of the molecule is Cc1ccc(NC(=O)c2ccc(C(=O)O)nc2)c(C)n1. The highest BCUT2D eigenvalue weighted by Gasteiger charge is 2.10. The minimum absolute atomic E-state index is 0.102. The fraction of sp³-hybridized carbons (Fsp3) is 0.143. The lowest BCUT2D eigenvalue weighted by Gasteiger charge is -2.08. The average Bonchev–Trinajstić information content (AvgIpc) is 2.42. The van der Waals surface area contributed by atoms with Gasteiger partial charge in [-0.1, -0.05) is 0 Å². The van der Waals surface area contributed by atoms with Crippen molar-refractivity contribution in [2.24, 2.45) is 0 Å². The first-order valence-electron chi connectivity index (χ1n) is 5.92. The number of aromatic nitrogens is 2. The van der Waals surface area contributed by atoms with Gasteiger partial charge in [0, 0.05) is 11.9 Å². The summed E-state index contributed by atoms with van der Waals surface area (Å²) in [5, 5.41) is 11.5. The maximum Gasteiger partial charge on any atom is 0.354 e. The molecular weight excluding hydrogens is 258 g/mol. The van der Waals surface area contributed by atoms with Gasteiger partial charge in [0.15, 0.2) is 0 Å². The number of anilines is 1. The van der Waals surface area contributed by atoms with E-state index in [0.29, 0.717) is 11.4 Å². The van der Waals surface area contributed by atoms with Crippen LogP contribution in [0.5, 0.6) is 0 Å². The van der Waals surface area contributed by atoms with E-state index in [-0.39, 0.29) is 17.2 Å². The van der Waals surface area contributed by atoms with Gasteiger partial charge in [-0.05, 0) is 38.1 Å². The third kappa shape index (κ3) is 2.97. The Morgan fingerprint density at radius 1 is 1.15 bits per heavy atom. The van der Waals surface area contributed by atoms with E-state index in [1.165, 1.54) is 18.3 Å². The van der Waals surface area contributed by atoms with E-state index in [1.54, 1.807) is 19.1 Å². The number of carbonyl (C=O) groups is 2. The van der Waals surface area contributed by atoms with E-state index in [1.807, 2.05) is 6.92 Å². The van der Waals surface area contributed by atoms with Gasteiger partial charge >= 0.3 is 5.97 Å². The molecule has 2 heterocycles. The third-order valence-electron chi connectivity index (χ3n) is 2.72. The van der Waals surface area contributed by atoms with Crippen LogP contribution in [0.15, 0.2) is 30.5 Å². The first-order chi connectivity index (χ1) is 9.47. The van der Waals surface area contributed by atoms with Crippen molar-refractivity contribution in [3.63, 3.8) is 0 Å². The summed E-state index contributed by atoms with van der Waals surface area (Å²) in [6.07, 6.45) is 1.23. The first kappa shape index (κ1) is 13.7. The highest BCUT2D eigenvalue weighted by Crippen LogP contribution is 2.14. The predicted molar refractivity (Wildman–Crippen MR) is 72.9 cm³/mol. The number of hydrogen-bond acceptors (Lipinski definition) is 4. The van der Waals surface area contributed by atoms with Gasteiger partial charge < -0.3 is 10.4 Å². The number of amides is 1. The standard InChI is InChI=1S/C14H13N3O3/c1-8-3-5-11(9(2)16-8)17-13(18)10-4-6-12(14(19)20)15-7-10/h3-7H,1-2H3,(H,17,18)(H,19,20). The number of carboxylic acid groups (broad SMARTS) is 1. The zero-order chi connectivity index (χ0) is 14.7. The molecule has 0 radical (unpaired) electrons. The number of hydrogen-bond donors (Lipinski definition) is 2. The predicted octanol–water partition coefficient (Wildman–Crippen LogP) is 2.04. The molecule has 2 rings (SSSR count). The third-order valence-corrected chi connectivity index (χ3v) is 2.72. The molecule has 0 aliphatic carbocycles. The topological polar surface area (TPSA) is 92.2 Å². The molecule has 0 aliphatic rings. The van der Waals surface area contributed by atoms with Gasteiger partial charge in [0.05, 0.1) is 16.9 Å². The fourth-order valence-corrected chi connectivity index (χ4v) is 1.67. The summed E-state index contributed by atoms with van der Waals surface area (Å²) < 4.78 is 0. The van der Waals surface area contributed by atoms with Crippen molar-refractivity contribution < 1.29 is 14.7 Å². The number of rotatable bonds is 3. The molecule has 2 N–H and O–H groups in total. The zero-order valence-electron chi connectivity index (χ0n) is 11.0. The number of carboxylic acids is 1. The molecule has 0 atom stereocenters. The molecule has 2 aromatic heterocycles. The number of nitrogens with one attached hydrogen (secondary N) is 1. The van der Waals surface area contributed by atoms with Crippen LogP contribution in [0.2, 0.25) is 0 Å². The van der Waals surface area contributed by atoms with Gasteiger partial charge in [0.25, 0.3) is 5.91 Å². The molecule has 6 heteroatoms. The summed E-state index contributed by atoms with van der Waals surface area (Å²) in [6, 6.07) is 6.28. The second kappa shape index (κ2) is 5.48. The summed E-state index contributed by atoms with van der Waals surface area (Å²) in [5.74, 6) is -1.49. The van der Waals surface area contributed by atoms with Gasteiger partial charge in [-0.15, -0.1) is 0 Å². The van der Waals surface area contributed by atoms with Crippen LogP contribution in [0.1, 0.15) is 32.2 Å². The lowest BCUT2D eigenvalue weighted by molar-refractivity contribution is 0.0690. The van der Waals surface area contributed by atoms with Crippen LogP contribution in [0.3, 0.4) is 0 Å². The van der Waals surface area contributed by atoms with Crippen LogP contribution in [0.4, 0.5) is 5.69 Å². The smallest absolute Gasteiger partial charge is 0.354 e. The molecular formula is C14H13N3O3. The largest absolute Gasteiger partial charge is 0.477 e. The number of aromatic carboxylic acids is 1. The Labute approximate surface area is 115 Å². The minimum atomic E-state index is -1.13. The summed E-state index contributed by atoms with van der Waals surface area (Å²) in [5.41, 5.74) is 2.38. The van der Waals surface area contributed by atoms with Crippen LogP contribution in [0.25, 0.3) is 0 Å². The van der Waals surface area contributed by atoms with Gasteiger partial charge in [0.1, 0.15) is 5.69 Å². The quantitative estimate of drug-likeness (QED) is 0.891. The summed E-state index contributed by atoms with van der Waals surface area (Å²) >= 11 is 0.